The number of nitrogens with one attached hydrogen (secondary N) is 1. The smallest absolute Gasteiger partial charge is 0.265 e. The van der Waals surface area contributed by atoms with Gasteiger partial charge < -0.3 is 10.2 Å². The predicted octanol–water partition coefficient (Wildman–Crippen LogP) is 4.97. The zero-order valence-corrected chi connectivity index (χ0v) is 18.8. The highest BCUT2D eigenvalue weighted by atomic mass is 32.1. The number of para-hydroxylation sites is 1. The van der Waals surface area contributed by atoms with Gasteiger partial charge in [0.15, 0.2) is 0 Å². The van der Waals surface area contributed by atoms with E-state index in [0.717, 1.165) is 55.5 Å². The van der Waals surface area contributed by atoms with Gasteiger partial charge in [-0.3, -0.25) is 9.69 Å². The highest BCUT2D eigenvalue weighted by Gasteiger charge is 2.21. The molecule has 158 valence electrons. The van der Waals surface area contributed by atoms with E-state index in [0.29, 0.717) is 0 Å². The number of nitrogens with zero attached hydrogens (tertiary/aromatic N) is 3. The van der Waals surface area contributed by atoms with Crippen LogP contribution < -0.4 is 10.2 Å². The summed E-state index contributed by atoms with van der Waals surface area (Å²) in [5, 5.41) is 6.27. The molecular formula is C24H24N4OS2. The third-order valence-corrected chi connectivity index (χ3v) is 7.42. The maximum Gasteiger partial charge on any atom is 0.265 e. The van der Waals surface area contributed by atoms with Crippen molar-refractivity contribution in [2.75, 3.05) is 42.9 Å². The maximum atomic E-state index is 12.5. The van der Waals surface area contributed by atoms with Gasteiger partial charge in [-0.1, -0.05) is 36.4 Å². The van der Waals surface area contributed by atoms with Crippen molar-refractivity contribution in [3.63, 3.8) is 0 Å². The molecule has 0 spiro atoms. The van der Waals surface area contributed by atoms with Gasteiger partial charge in [0.05, 0.1) is 9.58 Å². The number of hydrogen-bond acceptors (Lipinski definition) is 6. The van der Waals surface area contributed by atoms with E-state index in [9.17, 15) is 4.79 Å². The largest absolute Gasteiger partial charge is 0.353 e. The molecule has 1 saturated heterocycles. The molecule has 0 unspecified atom stereocenters. The quantitative estimate of drug-likeness (QED) is 0.452. The number of hydrogen-bond donors (Lipinski definition) is 1. The Morgan fingerprint density at radius 2 is 1.77 bits per heavy atom. The van der Waals surface area contributed by atoms with Gasteiger partial charge in [-0.15, -0.1) is 11.3 Å². The SMILES string of the molecule is O=C(Nc1ccccc1CCN1CCN(c2nsc3ccccc23)CC1)c1cccs1. The van der Waals surface area contributed by atoms with Crippen LogP contribution in [0, 0.1) is 0 Å². The summed E-state index contributed by atoms with van der Waals surface area (Å²) in [5.41, 5.74) is 2.09. The molecule has 1 amide bonds. The molecule has 2 aromatic heterocycles. The van der Waals surface area contributed by atoms with Crippen LogP contribution in [0.2, 0.25) is 0 Å². The first-order chi connectivity index (χ1) is 15.3. The third-order valence-electron chi connectivity index (χ3n) is 5.74. The van der Waals surface area contributed by atoms with Crippen molar-refractivity contribution in [2.24, 2.45) is 0 Å². The molecule has 1 fully saturated rings. The molecule has 0 bridgehead atoms. The first kappa shape index (κ1) is 20.2. The van der Waals surface area contributed by atoms with Crippen LogP contribution in [0.25, 0.3) is 10.1 Å². The average molecular weight is 449 g/mol. The molecule has 31 heavy (non-hydrogen) atoms. The van der Waals surface area contributed by atoms with E-state index in [1.54, 1.807) is 11.5 Å². The standard InChI is InChI=1S/C24H24N4OS2/c29-24(22-10-5-17-30-22)25-20-8-3-1-6-18(20)11-12-27-13-15-28(16-14-27)23-19-7-2-4-9-21(19)31-26-23/h1-10,17H,11-16H2,(H,25,29). The lowest BCUT2D eigenvalue weighted by Crippen LogP contribution is -2.47. The van der Waals surface area contributed by atoms with Crippen molar-refractivity contribution in [1.29, 1.82) is 0 Å². The Morgan fingerprint density at radius 1 is 0.968 bits per heavy atom. The lowest BCUT2D eigenvalue weighted by atomic mass is 10.1. The monoisotopic (exact) mass is 448 g/mol. The number of rotatable bonds is 6. The number of carbonyl (C=O) groups excluding carboxylic acids is 1. The average Bonchev–Trinajstić information content (AvgIpc) is 3.49. The number of anilines is 2. The van der Waals surface area contributed by atoms with Gasteiger partial charge in [0, 0.05) is 43.8 Å². The predicted molar refractivity (Wildman–Crippen MR) is 131 cm³/mol. The van der Waals surface area contributed by atoms with E-state index in [1.165, 1.54) is 27.0 Å². The highest BCUT2D eigenvalue weighted by Crippen LogP contribution is 2.30. The molecule has 1 N–H and O–H groups in total. The Bertz CT molecular complexity index is 1160. The second-order valence-corrected chi connectivity index (χ2v) is 9.42. The number of benzene rings is 2. The Morgan fingerprint density at radius 3 is 2.61 bits per heavy atom. The molecule has 1 aliphatic heterocycles. The molecule has 4 aromatic rings. The summed E-state index contributed by atoms with van der Waals surface area (Å²) in [6.45, 7) is 5.01. The van der Waals surface area contributed by atoms with Gasteiger partial charge in [0.1, 0.15) is 5.82 Å². The molecule has 0 aliphatic carbocycles. The molecule has 1 aliphatic rings. The number of amides is 1. The Kier molecular flexibility index (Phi) is 5.97. The van der Waals surface area contributed by atoms with Gasteiger partial charge in [-0.05, 0) is 53.2 Å². The number of carbonyl (C=O) groups is 1. The van der Waals surface area contributed by atoms with E-state index in [2.05, 4.69) is 45.4 Å². The Labute approximate surface area is 190 Å². The van der Waals surface area contributed by atoms with E-state index >= 15 is 0 Å². The number of fused-ring (bicyclic) bond motifs is 1. The van der Waals surface area contributed by atoms with E-state index in [4.69, 9.17) is 4.37 Å². The Hall–Kier alpha value is -2.74. The molecule has 5 nitrogen and oxygen atoms in total. The van der Waals surface area contributed by atoms with Gasteiger partial charge >= 0.3 is 0 Å². The van der Waals surface area contributed by atoms with Crippen LogP contribution in [-0.4, -0.2) is 47.9 Å². The number of piperazine rings is 1. The van der Waals surface area contributed by atoms with Crippen LogP contribution in [0.15, 0.2) is 66.0 Å². The van der Waals surface area contributed by atoms with Gasteiger partial charge in [0.25, 0.3) is 5.91 Å². The summed E-state index contributed by atoms with van der Waals surface area (Å²) in [4.78, 5) is 18.1. The van der Waals surface area contributed by atoms with E-state index < -0.39 is 0 Å². The molecule has 5 rings (SSSR count). The van der Waals surface area contributed by atoms with E-state index in [-0.39, 0.29) is 5.91 Å². The fourth-order valence-corrected chi connectivity index (χ4v) is 5.43. The molecule has 2 aromatic carbocycles. The van der Waals surface area contributed by atoms with Crippen molar-refractivity contribution >= 4 is 50.4 Å². The minimum Gasteiger partial charge on any atom is -0.353 e. The molecule has 0 atom stereocenters. The van der Waals surface area contributed by atoms with Gasteiger partial charge in [-0.2, -0.15) is 4.37 Å². The minimum atomic E-state index is -0.0356. The molecule has 0 radical (unpaired) electrons. The molecule has 0 saturated carbocycles. The fraction of sp³-hybridized carbons (Fsp3) is 0.250. The summed E-state index contributed by atoms with van der Waals surface area (Å²) in [5.74, 6) is 1.09. The molecule has 7 heteroatoms. The summed E-state index contributed by atoms with van der Waals surface area (Å²) in [6, 6.07) is 20.4. The lowest BCUT2D eigenvalue weighted by Gasteiger charge is -2.35. The van der Waals surface area contributed by atoms with Crippen LogP contribution in [0.5, 0.6) is 0 Å². The van der Waals surface area contributed by atoms with E-state index in [1.807, 2.05) is 35.7 Å². The van der Waals surface area contributed by atoms with Crippen molar-refractivity contribution in [3.8, 4) is 0 Å². The minimum absolute atomic E-state index is 0.0356. The summed E-state index contributed by atoms with van der Waals surface area (Å²) in [6.07, 6.45) is 0.917. The normalized spacial score (nSPS) is 14.8. The van der Waals surface area contributed by atoms with Crippen molar-refractivity contribution in [1.82, 2.24) is 9.27 Å². The summed E-state index contributed by atoms with van der Waals surface area (Å²) in [7, 11) is 0. The Balaban J connectivity index is 1.18. The first-order valence-electron chi connectivity index (χ1n) is 10.5. The van der Waals surface area contributed by atoms with Gasteiger partial charge in [-0.25, -0.2) is 0 Å². The van der Waals surface area contributed by atoms with Crippen LogP contribution in [0.3, 0.4) is 0 Å². The number of thiophene rings is 1. The fourth-order valence-electron chi connectivity index (χ4n) is 4.01. The second kappa shape index (κ2) is 9.18. The topological polar surface area (TPSA) is 48.5 Å². The van der Waals surface area contributed by atoms with Crippen LogP contribution in [0.1, 0.15) is 15.2 Å². The van der Waals surface area contributed by atoms with Gasteiger partial charge in [0.2, 0.25) is 0 Å². The van der Waals surface area contributed by atoms with Crippen molar-refractivity contribution in [3.05, 3.63) is 76.5 Å². The van der Waals surface area contributed by atoms with Crippen molar-refractivity contribution in [2.45, 2.75) is 6.42 Å². The summed E-state index contributed by atoms with van der Waals surface area (Å²) >= 11 is 3.04. The van der Waals surface area contributed by atoms with Crippen LogP contribution in [-0.2, 0) is 6.42 Å². The number of aromatic nitrogens is 1. The second-order valence-electron chi connectivity index (χ2n) is 7.67. The zero-order chi connectivity index (χ0) is 21.0. The highest BCUT2D eigenvalue weighted by molar-refractivity contribution is 7.13. The van der Waals surface area contributed by atoms with Crippen LogP contribution in [0.4, 0.5) is 11.5 Å². The zero-order valence-electron chi connectivity index (χ0n) is 17.2. The molecule has 3 heterocycles. The lowest BCUT2D eigenvalue weighted by molar-refractivity contribution is 0.103. The first-order valence-corrected chi connectivity index (χ1v) is 12.2. The van der Waals surface area contributed by atoms with Crippen molar-refractivity contribution < 1.29 is 4.79 Å². The third kappa shape index (κ3) is 4.49. The maximum absolute atomic E-state index is 12.5. The van der Waals surface area contributed by atoms with Crippen LogP contribution >= 0.6 is 22.9 Å². The molecular weight excluding hydrogens is 424 g/mol. The summed E-state index contributed by atoms with van der Waals surface area (Å²) < 4.78 is 5.96.